The van der Waals surface area contributed by atoms with Gasteiger partial charge in [0.05, 0.1) is 36.8 Å². The number of nitrogens with zero attached hydrogens (tertiary/aromatic N) is 2. The molecule has 12 nitrogen and oxygen atoms in total. The van der Waals surface area contributed by atoms with E-state index in [1.54, 1.807) is 23.6 Å². The van der Waals surface area contributed by atoms with E-state index >= 15 is 0 Å². The topological polar surface area (TPSA) is 155 Å². The molecule has 0 saturated carbocycles. The van der Waals surface area contributed by atoms with Crippen LogP contribution in [0.2, 0.25) is 0 Å². The lowest BCUT2D eigenvalue weighted by atomic mass is 10.1. The molecule has 0 aromatic heterocycles. The van der Waals surface area contributed by atoms with Crippen LogP contribution >= 0.6 is 0 Å². The summed E-state index contributed by atoms with van der Waals surface area (Å²) in [5, 5.41) is 21.2. The van der Waals surface area contributed by atoms with Crippen molar-refractivity contribution in [3.05, 3.63) is 0 Å². The van der Waals surface area contributed by atoms with Crippen LogP contribution in [-0.2, 0) is 23.8 Å². The van der Waals surface area contributed by atoms with Gasteiger partial charge >= 0.3 is 12.2 Å². The van der Waals surface area contributed by atoms with E-state index < -0.39 is 10.1 Å². The van der Waals surface area contributed by atoms with E-state index in [0.29, 0.717) is 51.9 Å². The predicted molar refractivity (Wildman–Crippen MR) is 139 cm³/mol. The van der Waals surface area contributed by atoms with Crippen LogP contribution in [0, 0.1) is 0 Å². The molecule has 3 heterocycles. The van der Waals surface area contributed by atoms with Crippen LogP contribution < -0.4 is 5.32 Å². The van der Waals surface area contributed by atoms with Crippen LogP contribution in [-0.4, -0.2) is 117 Å². The number of likely N-dealkylation sites (tertiary alicyclic amines) is 2. The Morgan fingerprint density at radius 3 is 1.46 bits per heavy atom. The van der Waals surface area contributed by atoms with Crippen LogP contribution in [0.5, 0.6) is 0 Å². The molecule has 3 aliphatic rings. The molecule has 3 saturated heterocycles. The second kappa shape index (κ2) is 17.0. The van der Waals surface area contributed by atoms with Crippen molar-refractivity contribution in [2.45, 2.75) is 96.7 Å². The maximum atomic E-state index is 11.5. The van der Waals surface area contributed by atoms with Gasteiger partial charge in [-0.2, -0.15) is 8.42 Å². The molecule has 3 aliphatic heterocycles. The molecular weight excluding hydrogens is 506 g/mol. The minimum absolute atomic E-state index is 0.0266. The maximum Gasteiger partial charge on any atom is 0.410 e. The van der Waals surface area contributed by atoms with Gasteiger partial charge in [0, 0.05) is 26.2 Å². The maximum absolute atomic E-state index is 11.5. The van der Waals surface area contributed by atoms with Gasteiger partial charge < -0.3 is 34.8 Å². The summed E-state index contributed by atoms with van der Waals surface area (Å²) in [6, 6.07) is 0. The lowest BCUT2D eigenvalue weighted by Gasteiger charge is -2.30. The largest absolute Gasteiger partial charge is 0.447 e. The molecule has 0 bridgehead atoms. The van der Waals surface area contributed by atoms with Gasteiger partial charge in [-0.05, 0) is 79.3 Å². The number of aliphatic hydroxyl groups is 2. The van der Waals surface area contributed by atoms with Crippen molar-refractivity contribution >= 4 is 22.3 Å². The Morgan fingerprint density at radius 1 is 0.757 bits per heavy atom. The van der Waals surface area contributed by atoms with E-state index in [9.17, 15) is 23.1 Å². The van der Waals surface area contributed by atoms with Crippen LogP contribution in [0.1, 0.15) is 66.2 Å². The number of carbonyl (C=O) groups is 2. The standard InChI is InChI=1S/C10H19NO5S.C9H17NO3.C5H11NO/c1-8(2)15-10(12)11-6-4-9(5-7-11)16-17(3,13)14;1-7(2)13-9(12)10-5-3-8(11)4-6-10;7-5-1-3-6-4-2-5/h8-9H,4-7H2,1-3H3;7-8,11H,3-6H2,1-2H3;5-7H,1-4H2. The van der Waals surface area contributed by atoms with Crippen molar-refractivity contribution in [3.8, 4) is 0 Å². The zero-order chi connectivity index (χ0) is 28.0. The summed E-state index contributed by atoms with van der Waals surface area (Å²) >= 11 is 0. The molecule has 13 heteroatoms. The van der Waals surface area contributed by atoms with Crippen molar-refractivity contribution in [2.75, 3.05) is 45.5 Å². The van der Waals surface area contributed by atoms with E-state index in [1.807, 2.05) is 13.8 Å². The summed E-state index contributed by atoms with van der Waals surface area (Å²) < 4.78 is 36.8. The normalized spacial score (nSPS) is 20.0. The van der Waals surface area contributed by atoms with Gasteiger partial charge in [-0.25, -0.2) is 9.59 Å². The number of aliphatic hydroxyl groups excluding tert-OH is 2. The second-order valence-corrected chi connectivity index (χ2v) is 11.7. The third-order valence-corrected chi connectivity index (χ3v) is 6.34. The number of piperidine rings is 3. The molecule has 0 spiro atoms. The monoisotopic (exact) mass is 553 g/mol. The third-order valence-electron chi connectivity index (χ3n) is 5.72. The summed E-state index contributed by atoms with van der Waals surface area (Å²) in [4.78, 5) is 26.1. The SMILES string of the molecule is CC(C)OC(=O)N1CCC(O)CC1.CC(C)OC(=O)N1CCC(OS(C)(=O)=O)CC1.OC1CCNCC1. The highest BCUT2D eigenvalue weighted by atomic mass is 32.2. The summed E-state index contributed by atoms with van der Waals surface area (Å²) in [6.07, 6.45) is 3.82. The number of amides is 2. The number of rotatable bonds is 4. The minimum atomic E-state index is -3.42. The summed E-state index contributed by atoms with van der Waals surface area (Å²) in [5.41, 5.74) is 0. The summed E-state index contributed by atoms with van der Waals surface area (Å²) in [6.45, 7) is 11.3. The fourth-order valence-electron chi connectivity index (χ4n) is 3.79. The first-order valence-corrected chi connectivity index (χ1v) is 14.9. The second-order valence-electron chi connectivity index (χ2n) is 10.1. The highest BCUT2D eigenvalue weighted by molar-refractivity contribution is 7.86. The highest BCUT2D eigenvalue weighted by Gasteiger charge is 2.27. The number of carbonyl (C=O) groups excluding carboxylic acids is 2. The average Bonchev–Trinajstić information content (AvgIpc) is 2.79. The molecule has 3 N–H and O–H groups in total. The Balaban J connectivity index is 0.000000301. The Kier molecular flexibility index (Phi) is 15.3. The van der Waals surface area contributed by atoms with Gasteiger partial charge in [0.1, 0.15) is 0 Å². The molecule has 2 amide bonds. The quantitative estimate of drug-likeness (QED) is 0.438. The van der Waals surface area contributed by atoms with Crippen molar-refractivity contribution in [3.63, 3.8) is 0 Å². The van der Waals surface area contributed by atoms with E-state index in [-0.39, 0.29) is 42.7 Å². The van der Waals surface area contributed by atoms with E-state index in [0.717, 1.165) is 32.2 Å². The minimum Gasteiger partial charge on any atom is -0.447 e. The summed E-state index contributed by atoms with van der Waals surface area (Å²) in [7, 11) is -3.42. The molecular formula is C24H47N3O9S. The first-order chi connectivity index (χ1) is 17.3. The Hall–Kier alpha value is -1.67. The fourth-order valence-corrected chi connectivity index (χ4v) is 4.48. The van der Waals surface area contributed by atoms with E-state index in [1.165, 1.54) is 0 Å². The number of hydrogen-bond donors (Lipinski definition) is 3. The average molecular weight is 554 g/mol. The van der Waals surface area contributed by atoms with Crippen LogP contribution in [0.25, 0.3) is 0 Å². The van der Waals surface area contributed by atoms with Crippen LogP contribution in [0.4, 0.5) is 9.59 Å². The lowest BCUT2D eigenvalue weighted by molar-refractivity contribution is 0.0455. The smallest absolute Gasteiger partial charge is 0.410 e. The number of ether oxygens (including phenoxy) is 2. The molecule has 218 valence electrons. The van der Waals surface area contributed by atoms with Gasteiger partial charge in [0.2, 0.25) is 0 Å². The molecule has 0 aromatic carbocycles. The number of nitrogens with one attached hydrogen (secondary N) is 1. The molecule has 0 aliphatic carbocycles. The molecule has 0 radical (unpaired) electrons. The van der Waals surface area contributed by atoms with Crippen LogP contribution in [0.15, 0.2) is 0 Å². The predicted octanol–water partition coefficient (Wildman–Crippen LogP) is 1.69. The molecule has 37 heavy (non-hydrogen) atoms. The molecule has 0 atom stereocenters. The van der Waals surface area contributed by atoms with Crippen molar-refractivity contribution in [1.29, 1.82) is 0 Å². The van der Waals surface area contributed by atoms with Gasteiger partial charge in [-0.1, -0.05) is 0 Å². The molecule has 0 unspecified atom stereocenters. The summed E-state index contributed by atoms with van der Waals surface area (Å²) in [5.74, 6) is 0. The third kappa shape index (κ3) is 16.0. The van der Waals surface area contributed by atoms with Gasteiger partial charge in [0.25, 0.3) is 10.1 Å². The van der Waals surface area contributed by atoms with E-state index in [2.05, 4.69) is 5.32 Å². The Labute approximate surface area is 221 Å². The van der Waals surface area contributed by atoms with Gasteiger partial charge in [-0.15, -0.1) is 0 Å². The Morgan fingerprint density at radius 2 is 1.14 bits per heavy atom. The lowest BCUT2D eigenvalue weighted by Crippen LogP contribution is -2.42. The zero-order valence-electron chi connectivity index (χ0n) is 22.9. The zero-order valence-corrected chi connectivity index (χ0v) is 23.7. The Bertz CT molecular complexity index is 757. The molecule has 3 rings (SSSR count). The van der Waals surface area contributed by atoms with Gasteiger partial charge in [-0.3, -0.25) is 4.18 Å². The van der Waals surface area contributed by atoms with Crippen molar-refractivity contribution < 1.29 is 41.9 Å². The van der Waals surface area contributed by atoms with Crippen molar-refractivity contribution in [1.82, 2.24) is 15.1 Å². The first kappa shape index (κ1) is 33.4. The number of hydrogen-bond acceptors (Lipinski definition) is 10. The van der Waals surface area contributed by atoms with Crippen LogP contribution in [0.3, 0.4) is 0 Å². The van der Waals surface area contributed by atoms with E-state index in [4.69, 9.17) is 18.8 Å². The molecule has 3 fully saturated rings. The highest BCUT2D eigenvalue weighted by Crippen LogP contribution is 2.16. The van der Waals surface area contributed by atoms with Gasteiger partial charge in [0.15, 0.2) is 0 Å². The molecule has 0 aromatic rings. The fraction of sp³-hybridized carbons (Fsp3) is 0.917. The van der Waals surface area contributed by atoms with Crippen molar-refractivity contribution in [2.24, 2.45) is 0 Å². The first-order valence-electron chi connectivity index (χ1n) is 13.1.